The second-order valence-corrected chi connectivity index (χ2v) is 3.92. The molecule has 0 amide bonds. The van der Waals surface area contributed by atoms with Gasteiger partial charge in [0.2, 0.25) is 0 Å². The van der Waals surface area contributed by atoms with Gasteiger partial charge in [-0.25, -0.2) is 9.78 Å². The predicted molar refractivity (Wildman–Crippen MR) is 63.0 cm³/mol. The van der Waals surface area contributed by atoms with Gasteiger partial charge in [-0.05, 0) is 25.7 Å². The Hall–Kier alpha value is -0.160. The van der Waals surface area contributed by atoms with Gasteiger partial charge in [0, 0.05) is 13.2 Å². The first-order valence-electron chi connectivity index (χ1n) is 6.38. The molecule has 0 aromatic heterocycles. The van der Waals surface area contributed by atoms with Crippen molar-refractivity contribution in [2.24, 2.45) is 0 Å². The van der Waals surface area contributed by atoms with Gasteiger partial charge < -0.3 is 10.2 Å². The lowest BCUT2D eigenvalue weighted by molar-refractivity contribution is -0.295. The molecule has 0 aromatic carbocycles. The van der Waals surface area contributed by atoms with Gasteiger partial charge in [-0.3, -0.25) is 0 Å². The molecule has 0 aliphatic rings. The van der Waals surface area contributed by atoms with Crippen molar-refractivity contribution in [1.82, 2.24) is 0 Å². The molecule has 0 saturated heterocycles. The third kappa shape index (κ3) is 13.8. The number of unbranched alkanes of at least 4 members (excludes halogenated alkanes) is 6. The van der Waals surface area contributed by atoms with Crippen molar-refractivity contribution in [2.45, 2.75) is 51.4 Å². The van der Waals surface area contributed by atoms with Crippen molar-refractivity contribution in [3.8, 4) is 0 Å². The monoisotopic (exact) mass is 234 g/mol. The highest BCUT2D eigenvalue weighted by atomic mass is 17.2. The number of aliphatic hydroxyl groups excluding tert-OH is 2. The molecule has 0 fully saturated rings. The van der Waals surface area contributed by atoms with Crippen LogP contribution in [0.15, 0.2) is 0 Å². The van der Waals surface area contributed by atoms with Gasteiger partial charge in [0.1, 0.15) is 0 Å². The maximum absolute atomic E-state index is 8.56. The lowest BCUT2D eigenvalue weighted by Crippen LogP contribution is -1.99. The van der Waals surface area contributed by atoms with Crippen LogP contribution in [-0.4, -0.2) is 36.6 Å². The first-order chi connectivity index (χ1) is 7.91. The van der Waals surface area contributed by atoms with Crippen LogP contribution >= 0.6 is 0 Å². The summed E-state index contributed by atoms with van der Waals surface area (Å²) in [4.78, 5) is 10.0. The fourth-order valence-corrected chi connectivity index (χ4v) is 1.37. The van der Waals surface area contributed by atoms with Gasteiger partial charge in [-0.15, -0.1) is 0 Å². The van der Waals surface area contributed by atoms with Crippen molar-refractivity contribution >= 4 is 0 Å². The molecule has 0 saturated carbocycles. The van der Waals surface area contributed by atoms with E-state index < -0.39 is 0 Å². The zero-order valence-electron chi connectivity index (χ0n) is 10.2. The summed E-state index contributed by atoms with van der Waals surface area (Å²) >= 11 is 0. The summed E-state index contributed by atoms with van der Waals surface area (Å²) < 4.78 is 0. The van der Waals surface area contributed by atoms with Gasteiger partial charge in [0.05, 0.1) is 13.2 Å². The molecule has 0 aliphatic carbocycles. The summed E-state index contributed by atoms with van der Waals surface area (Å²) in [6.45, 7) is 1.85. The van der Waals surface area contributed by atoms with Crippen molar-refractivity contribution in [3.05, 3.63) is 0 Å². The van der Waals surface area contributed by atoms with Crippen molar-refractivity contribution in [1.29, 1.82) is 0 Å². The van der Waals surface area contributed by atoms with E-state index in [4.69, 9.17) is 20.0 Å². The van der Waals surface area contributed by atoms with E-state index in [0.717, 1.165) is 51.4 Å². The van der Waals surface area contributed by atoms with E-state index in [1.165, 1.54) is 0 Å². The van der Waals surface area contributed by atoms with E-state index in [0.29, 0.717) is 13.2 Å². The Morgan fingerprint density at radius 2 is 0.875 bits per heavy atom. The molecule has 0 unspecified atom stereocenters. The summed E-state index contributed by atoms with van der Waals surface area (Å²) in [5, 5.41) is 17.1. The highest BCUT2D eigenvalue weighted by Crippen LogP contribution is 2.01. The largest absolute Gasteiger partial charge is 0.396 e. The minimum atomic E-state index is 0.283. The van der Waals surface area contributed by atoms with Crippen LogP contribution in [0.25, 0.3) is 0 Å². The summed E-state index contributed by atoms with van der Waals surface area (Å²) in [5.41, 5.74) is 0. The Balaban J connectivity index is 2.83. The number of hydrogen-bond acceptors (Lipinski definition) is 4. The fraction of sp³-hybridized carbons (Fsp3) is 1.00. The molecule has 0 aromatic rings. The summed E-state index contributed by atoms with van der Waals surface area (Å²) in [6, 6.07) is 0. The molecule has 0 heterocycles. The molecular weight excluding hydrogens is 208 g/mol. The van der Waals surface area contributed by atoms with Crippen LogP contribution in [0.5, 0.6) is 0 Å². The lowest BCUT2D eigenvalue weighted by Gasteiger charge is -2.03. The van der Waals surface area contributed by atoms with Crippen LogP contribution < -0.4 is 0 Å². The zero-order chi connectivity index (χ0) is 11.9. The van der Waals surface area contributed by atoms with Gasteiger partial charge >= 0.3 is 0 Å². The summed E-state index contributed by atoms with van der Waals surface area (Å²) in [7, 11) is 0. The van der Waals surface area contributed by atoms with Gasteiger partial charge in [-0.1, -0.05) is 25.7 Å². The second-order valence-electron chi connectivity index (χ2n) is 3.92. The average molecular weight is 234 g/mol. The van der Waals surface area contributed by atoms with Crippen molar-refractivity contribution in [2.75, 3.05) is 26.4 Å². The predicted octanol–water partition coefficient (Wildman–Crippen LogP) is 2.04. The van der Waals surface area contributed by atoms with E-state index in [2.05, 4.69) is 0 Å². The van der Waals surface area contributed by atoms with E-state index in [1.807, 2.05) is 0 Å². The van der Waals surface area contributed by atoms with E-state index in [9.17, 15) is 0 Å². The van der Waals surface area contributed by atoms with Crippen LogP contribution in [0.2, 0.25) is 0 Å². The normalized spacial score (nSPS) is 10.9. The Bertz CT molecular complexity index is 106. The van der Waals surface area contributed by atoms with Crippen LogP contribution in [0.4, 0.5) is 0 Å². The molecule has 4 heteroatoms. The van der Waals surface area contributed by atoms with Crippen LogP contribution in [0.1, 0.15) is 51.4 Å². The standard InChI is InChI=1S/C12H26O4/c13-9-5-1-3-7-11-15-16-12-8-4-2-6-10-14/h13-14H,1-12H2. The number of hydrogen-bond donors (Lipinski definition) is 2. The Labute approximate surface area is 98.5 Å². The van der Waals surface area contributed by atoms with Crippen LogP contribution in [-0.2, 0) is 9.78 Å². The third-order valence-corrected chi connectivity index (χ3v) is 2.35. The maximum Gasteiger partial charge on any atom is 0.0822 e. The lowest BCUT2D eigenvalue weighted by atomic mass is 10.2. The molecule has 4 nitrogen and oxygen atoms in total. The second kappa shape index (κ2) is 14.8. The molecule has 0 rings (SSSR count). The molecule has 2 N–H and O–H groups in total. The van der Waals surface area contributed by atoms with Crippen molar-refractivity contribution in [3.63, 3.8) is 0 Å². The molecule has 16 heavy (non-hydrogen) atoms. The minimum Gasteiger partial charge on any atom is -0.396 e. The molecule has 0 aliphatic heterocycles. The highest BCUT2D eigenvalue weighted by molar-refractivity contribution is 4.41. The minimum absolute atomic E-state index is 0.283. The highest BCUT2D eigenvalue weighted by Gasteiger charge is 1.93. The van der Waals surface area contributed by atoms with Crippen LogP contribution in [0, 0.1) is 0 Å². The smallest absolute Gasteiger partial charge is 0.0822 e. The fourth-order valence-electron chi connectivity index (χ4n) is 1.37. The number of aliphatic hydroxyl groups is 2. The first kappa shape index (κ1) is 15.8. The van der Waals surface area contributed by atoms with E-state index >= 15 is 0 Å². The van der Waals surface area contributed by atoms with Gasteiger partial charge in [0.15, 0.2) is 0 Å². The third-order valence-electron chi connectivity index (χ3n) is 2.35. The van der Waals surface area contributed by atoms with E-state index in [1.54, 1.807) is 0 Å². The van der Waals surface area contributed by atoms with Crippen LogP contribution in [0.3, 0.4) is 0 Å². The average Bonchev–Trinajstić information content (AvgIpc) is 2.31. The topological polar surface area (TPSA) is 58.9 Å². The molecule has 98 valence electrons. The maximum atomic E-state index is 8.56. The SMILES string of the molecule is OCCCCCCOOCCCCCCO. The van der Waals surface area contributed by atoms with E-state index in [-0.39, 0.29) is 13.2 Å². The van der Waals surface area contributed by atoms with Gasteiger partial charge in [0.25, 0.3) is 0 Å². The number of rotatable bonds is 13. The molecule has 0 radical (unpaired) electrons. The molecule has 0 spiro atoms. The molecule has 0 bridgehead atoms. The van der Waals surface area contributed by atoms with Crippen molar-refractivity contribution < 1.29 is 20.0 Å². The Morgan fingerprint density at radius 3 is 1.25 bits per heavy atom. The van der Waals surface area contributed by atoms with Gasteiger partial charge in [-0.2, -0.15) is 0 Å². The Morgan fingerprint density at radius 1 is 0.500 bits per heavy atom. The summed E-state index contributed by atoms with van der Waals surface area (Å²) in [5.74, 6) is 0. The first-order valence-corrected chi connectivity index (χ1v) is 6.38. The zero-order valence-corrected chi connectivity index (χ0v) is 10.2. The summed E-state index contributed by atoms with van der Waals surface area (Å²) in [6.07, 6.45) is 8.02. The Kier molecular flexibility index (Phi) is 14.7. The quantitative estimate of drug-likeness (QED) is 0.291. The molecule has 0 atom stereocenters. The molecular formula is C12H26O4.